The third kappa shape index (κ3) is 4.80. The molecule has 3 aliphatic carbocycles. The molecule has 2 amide bonds. The van der Waals surface area contributed by atoms with Gasteiger partial charge >= 0.3 is 0 Å². The molecule has 3 aromatic carbocycles. The molecular formula is C33H30ClN3O5S. The Balaban J connectivity index is 1.08. The van der Waals surface area contributed by atoms with E-state index in [1.807, 2.05) is 36.6 Å². The van der Waals surface area contributed by atoms with Crippen molar-refractivity contribution in [3.05, 3.63) is 93.8 Å². The highest BCUT2D eigenvalue weighted by Gasteiger charge is 2.63. The lowest BCUT2D eigenvalue weighted by Gasteiger charge is -2.56. The van der Waals surface area contributed by atoms with E-state index in [9.17, 15) is 9.59 Å². The zero-order valence-corrected chi connectivity index (χ0v) is 25.3. The van der Waals surface area contributed by atoms with E-state index >= 15 is 0 Å². The van der Waals surface area contributed by atoms with Crippen LogP contribution in [0.25, 0.3) is 11.3 Å². The molecule has 0 radical (unpaired) electrons. The van der Waals surface area contributed by atoms with Crippen molar-refractivity contribution in [3.8, 4) is 17.0 Å². The molecular weight excluding hydrogens is 586 g/mol. The number of carbonyl (C=O) groups excluding carboxylic acids is 2. The second-order valence-corrected chi connectivity index (χ2v) is 12.7. The summed E-state index contributed by atoms with van der Waals surface area (Å²) in [5.41, 5.74) is 4.26. The molecule has 8 nitrogen and oxygen atoms in total. The molecule has 3 atom stereocenters. The Kier molecular flexibility index (Phi) is 7.01. The number of carbonyl (C=O) groups is 2. The van der Waals surface area contributed by atoms with Crippen LogP contribution >= 0.6 is 22.9 Å². The monoisotopic (exact) mass is 615 g/mol. The Labute approximate surface area is 258 Å². The molecule has 1 aromatic heterocycles. The standard InChI is InChI=1S/C33H30ClN3O5S/c1-32(16-25-23-9-4-3-8-22(23)24(32)17-33(25)41-12-13-42-33)30(39)37-31-36-27(18-43-31)19-6-5-7-20(14-19)29(38)35-21-10-11-28(40-2)26(34)15-21/h3-11,14-15,18,24-25H,12-13,16-17H2,1-2H3,(H,35,38)(H,36,37,39)/t24?,25-,32+/m0/s1. The Morgan fingerprint density at radius 3 is 2.49 bits per heavy atom. The van der Waals surface area contributed by atoms with Crippen molar-refractivity contribution in [1.82, 2.24) is 4.98 Å². The molecule has 1 saturated carbocycles. The van der Waals surface area contributed by atoms with E-state index in [0.29, 0.717) is 58.9 Å². The third-order valence-electron chi connectivity index (χ3n) is 9.01. The lowest BCUT2D eigenvalue weighted by molar-refractivity contribution is -0.216. The Morgan fingerprint density at radius 2 is 1.74 bits per heavy atom. The molecule has 4 aliphatic rings. The summed E-state index contributed by atoms with van der Waals surface area (Å²) in [6.07, 6.45) is 1.29. The van der Waals surface area contributed by atoms with Crippen LogP contribution < -0.4 is 15.4 Å². The van der Waals surface area contributed by atoms with Gasteiger partial charge in [-0.3, -0.25) is 9.59 Å². The van der Waals surface area contributed by atoms with Gasteiger partial charge in [0.05, 0.1) is 36.5 Å². The van der Waals surface area contributed by atoms with Gasteiger partial charge in [0.25, 0.3) is 5.91 Å². The largest absolute Gasteiger partial charge is 0.495 e. The lowest BCUT2D eigenvalue weighted by Crippen LogP contribution is -2.56. The van der Waals surface area contributed by atoms with Crippen LogP contribution in [-0.2, 0) is 14.3 Å². The molecule has 10 heteroatoms. The first kappa shape index (κ1) is 28.0. The highest BCUT2D eigenvalue weighted by Crippen LogP contribution is 2.64. The van der Waals surface area contributed by atoms with Gasteiger partial charge in [0, 0.05) is 40.5 Å². The number of halogens is 1. The molecule has 1 aliphatic heterocycles. The zero-order valence-electron chi connectivity index (χ0n) is 23.7. The van der Waals surface area contributed by atoms with Crippen LogP contribution in [0.15, 0.2) is 72.1 Å². The van der Waals surface area contributed by atoms with Crippen LogP contribution in [0.3, 0.4) is 0 Å². The van der Waals surface area contributed by atoms with Crippen molar-refractivity contribution in [3.63, 3.8) is 0 Å². The summed E-state index contributed by atoms with van der Waals surface area (Å²) in [5.74, 6) is -0.505. The normalized spacial score (nSPS) is 23.1. The molecule has 2 fully saturated rings. The number of thiazole rings is 1. The summed E-state index contributed by atoms with van der Waals surface area (Å²) in [7, 11) is 1.54. The highest BCUT2D eigenvalue weighted by molar-refractivity contribution is 7.14. The highest BCUT2D eigenvalue weighted by atomic mass is 35.5. The summed E-state index contributed by atoms with van der Waals surface area (Å²) in [4.78, 5) is 31.6. The van der Waals surface area contributed by atoms with E-state index in [4.69, 9.17) is 30.8 Å². The number of nitrogens with one attached hydrogen (secondary N) is 2. The third-order valence-corrected chi connectivity index (χ3v) is 10.1. The summed E-state index contributed by atoms with van der Waals surface area (Å²) in [6.45, 7) is 3.20. The van der Waals surface area contributed by atoms with Gasteiger partial charge < -0.3 is 24.8 Å². The number of amides is 2. The Hall–Kier alpha value is -3.76. The second-order valence-electron chi connectivity index (χ2n) is 11.4. The van der Waals surface area contributed by atoms with Gasteiger partial charge in [0.2, 0.25) is 5.91 Å². The smallest absolute Gasteiger partial charge is 0.255 e. The van der Waals surface area contributed by atoms with Crippen molar-refractivity contribution in [2.24, 2.45) is 5.41 Å². The van der Waals surface area contributed by atoms with Crippen LogP contribution in [0.1, 0.15) is 53.1 Å². The number of rotatable bonds is 6. The minimum atomic E-state index is -0.649. The van der Waals surface area contributed by atoms with Crippen molar-refractivity contribution in [2.45, 2.75) is 37.4 Å². The Bertz CT molecular complexity index is 1730. The Morgan fingerprint density at radius 1 is 0.977 bits per heavy atom. The van der Waals surface area contributed by atoms with Crippen LogP contribution in [0.4, 0.5) is 10.8 Å². The van der Waals surface area contributed by atoms with Gasteiger partial charge in [-0.25, -0.2) is 4.98 Å². The fourth-order valence-corrected chi connectivity index (χ4v) is 7.80. The fourth-order valence-electron chi connectivity index (χ4n) is 6.83. The van der Waals surface area contributed by atoms with Crippen molar-refractivity contribution >= 4 is 45.6 Å². The maximum absolute atomic E-state index is 13.9. The first-order chi connectivity index (χ1) is 20.8. The molecule has 43 heavy (non-hydrogen) atoms. The van der Waals surface area contributed by atoms with E-state index < -0.39 is 11.2 Å². The van der Waals surface area contributed by atoms with Gasteiger partial charge in [0.15, 0.2) is 10.9 Å². The summed E-state index contributed by atoms with van der Waals surface area (Å²) < 4.78 is 17.6. The molecule has 2 N–H and O–H groups in total. The number of aromatic nitrogens is 1. The molecule has 220 valence electrons. The van der Waals surface area contributed by atoms with E-state index in [1.165, 1.54) is 29.6 Å². The topological polar surface area (TPSA) is 98.8 Å². The first-order valence-corrected chi connectivity index (χ1v) is 15.4. The molecule has 8 rings (SSSR count). The molecule has 1 spiro atoms. The van der Waals surface area contributed by atoms with E-state index in [-0.39, 0.29) is 23.7 Å². The average molecular weight is 616 g/mol. The molecule has 2 heterocycles. The minimum Gasteiger partial charge on any atom is -0.495 e. The zero-order chi connectivity index (χ0) is 29.8. The fraction of sp³-hybridized carbons (Fsp3) is 0.303. The number of ether oxygens (including phenoxy) is 3. The number of methoxy groups -OCH3 is 1. The van der Waals surface area contributed by atoms with Crippen LogP contribution in [0.2, 0.25) is 5.02 Å². The molecule has 1 unspecified atom stereocenters. The predicted molar refractivity (Wildman–Crippen MR) is 166 cm³/mol. The lowest BCUT2D eigenvalue weighted by atomic mass is 9.52. The van der Waals surface area contributed by atoms with Gasteiger partial charge in [-0.1, -0.05) is 54.9 Å². The minimum absolute atomic E-state index is 0.0124. The van der Waals surface area contributed by atoms with Crippen LogP contribution in [-0.4, -0.2) is 42.9 Å². The SMILES string of the molecule is COc1ccc(NC(=O)c2cccc(-c3csc(NC(=O)[C@]4(C)C[C@H]5c6ccccc6C4CC54OCCO4)n3)c2)cc1Cl. The van der Waals surface area contributed by atoms with Crippen LogP contribution in [0, 0.1) is 5.41 Å². The van der Waals surface area contributed by atoms with Gasteiger partial charge in [-0.05, 0) is 47.9 Å². The summed E-state index contributed by atoms with van der Waals surface area (Å²) in [5, 5.41) is 8.78. The quantitative estimate of drug-likeness (QED) is 0.240. The number of hydrogen-bond acceptors (Lipinski definition) is 7. The maximum atomic E-state index is 13.9. The molecule has 4 aromatic rings. The molecule has 1 saturated heterocycles. The number of fused-ring (bicyclic) bond motifs is 1. The predicted octanol–water partition coefficient (Wildman–Crippen LogP) is 7.09. The van der Waals surface area contributed by atoms with Crippen LogP contribution in [0.5, 0.6) is 5.75 Å². The van der Waals surface area contributed by atoms with E-state index in [1.54, 1.807) is 30.3 Å². The first-order valence-electron chi connectivity index (χ1n) is 14.2. The number of nitrogens with zero attached hydrogens (tertiary/aromatic N) is 1. The average Bonchev–Trinajstić information content (AvgIpc) is 3.69. The van der Waals surface area contributed by atoms with Gasteiger partial charge in [-0.2, -0.15) is 0 Å². The summed E-state index contributed by atoms with van der Waals surface area (Å²) in [6, 6.07) is 20.6. The molecule has 2 bridgehead atoms. The van der Waals surface area contributed by atoms with E-state index in [2.05, 4.69) is 22.8 Å². The van der Waals surface area contributed by atoms with Crippen molar-refractivity contribution < 1.29 is 23.8 Å². The van der Waals surface area contributed by atoms with Gasteiger partial charge in [-0.15, -0.1) is 11.3 Å². The second kappa shape index (κ2) is 10.7. The number of hydrogen-bond donors (Lipinski definition) is 2. The number of benzene rings is 3. The van der Waals surface area contributed by atoms with Crippen molar-refractivity contribution in [2.75, 3.05) is 31.0 Å². The van der Waals surface area contributed by atoms with E-state index in [0.717, 1.165) is 5.56 Å². The number of anilines is 2. The van der Waals surface area contributed by atoms with Gasteiger partial charge in [0.1, 0.15) is 5.75 Å². The maximum Gasteiger partial charge on any atom is 0.255 e. The summed E-state index contributed by atoms with van der Waals surface area (Å²) >= 11 is 7.57. The van der Waals surface area contributed by atoms with Crippen molar-refractivity contribution in [1.29, 1.82) is 0 Å².